The van der Waals surface area contributed by atoms with Crippen LogP contribution in [-0.4, -0.2) is 18.3 Å². The van der Waals surface area contributed by atoms with Crippen LogP contribution in [0.15, 0.2) is 45.8 Å². The van der Waals surface area contributed by atoms with Gasteiger partial charge in [0.15, 0.2) is 0 Å². The first-order chi connectivity index (χ1) is 10.1. The molecule has 0 amide bonds. The van der Waals surface area contributed by atoms with Gasteiger partial charge in [0.2, 0.25) is 0 Å². The number of rotatable bonds is 6. The lowest BCUT2D eigenvalue weighted by molar-refractivity contribution is 0.300. The highest BCUT2D eigenvalue weighted by Gasteiger charge is 2.02. The van der Waals surface area contributed by atoms with Crippen molar-refractivity contribution in [1.29, 1.82) is 0 Å². The van der Waals surface area contributed by atoms with Crippen LogP contribution in [0.1, 0.15) is 12.0 Å². The molecule has 0 saturated carbocycles. The molecule has 0 aliphatic carbocycles. The van der Waals surface area contributed by atoms with Gasteiger partial charge in [-0.2, -0.15) is 0 Å². The highest BCUT2D eigenvalue weighted by molar-refractivity contribution is 9.10. The van der Waals surface area contributed by atoms with Crippen LogP contribution < -0.4 is 15.0 Å². The number of benzene rings is 1. The maximum Gasteiger partial charge on any atom is 0.264 e. The molecule has 112 valence electrons. The van der Waals surface area contributed by atoms with Gasteiger partial charge in [-0.05, 0) is 65.2 Å². The Bertz CT molecular complexity index is 650. The topological polar surface area (TPSA) is 40.5 Å². The minimum absolute atomic E-state index is 0.00922. The first-order valence-corrected chi connectivity index (χ1v) is 7.53. The van der Waals surface area contributed by atoms with Gasteiger partial charge in [-0.15, -0.1) is 0 Å². The Morgan fingerprint density at radius 3 is 2.52 bits per heavy atom. The van der Waals surface area contributed by atoms with Gasteiger partial charge in [-0.3, -0.25) is 4.79 Å². The molecule has 0 bridgehead atoms. The zero-order chi connectivity index (χ0) is 15.2. The summed E-state index contributed by atoms with van der Waals surface area (Å²) in [5.74, 6) is 1.60. The number of hydrogen-bond donors (Lipinski definition) is 0. The maximum absolute atomic E-state index is 11.9. The largest absolute Gasteiger partial charge is 0.497 e. The summed E-state index contributed by atoms with van der Waals surface area (Å²) in [6.45, 7) is 3.16. The van der Waals surface area contributed by atoms with E-state index in [1.165, 1.54) is 0 Å². The summed E-state index contributed by atoms with van der Waals surface area (Å²) in [6, 6.07) is 9.28. The Kier molecular flexibility index (Phi) is 5.44. The van der Waals surface area contributed by atoms with E-state index in [4.69, 9.17) is 9.47 Å². The third kappa shape index (κ3) is 4.36. The number of halogens is 1. The van der Waals surface area contributed by atoms with Crippen LogP contribution in [0.3, 0.4) is 0 Å². The van der Waals surface area contributed by atoms with E-state index in [0.717, 1.165) is 23.5 Å². The Hall–Kier alpha value is -1.75. The van der Waals surface area contributed by atoms with Crippen LogP contribution >= 0.6 is 15.9 Å². The zero-order valence-electron chi connectivity index (χ0n) is 12.1. The monoisotopic (exact) mass is 351 g/mol. The lowest BCUT2D eigenvalue weighted by Gasteiger charge is -2.09. The average Bonchev–Trinajstić information content (AvgIpc) is 2.49. The average molecular weight is 352 g/mol. The van der Waals surface area contributed by atoms with Crippen molar-refractivity contribution in [3.8, 4) is 11.5 Å². The van der Waals surface area contributed by atoms with Crippen LogP contribution in [-0.2, 0) is 6.54 Å². The summed E-state index contributed by atoms with van der Waals surface area (Å²) >= 11 is 3.28. The van der Waals surface area contributed by atoms with Gasteiger partial charge in [0.25, 0.3) is 5.56 Å². The molecule has 1 aromatic heterocycles. The minimum Gasteiger partial charge on any atom is -0.497 e. The number of aromatic nitrogens is 1. The normalized spacial score (nSPS) is 10.4. The molecule has 0 atom stereocenters. The fourth-order valence-electron chi connectivity index (χ4n) is 2.00. The Balaban J connectivity index is 1.86. The highest BCUT2D eigenvalue weighted by Crippen LogP contribution is 2.17. The van der Waals surface area contributed by atoms with Crippen molar-refractivity contribution >= 4 is 15.9 Å². The van der Waals surface area contributed by atoms with Gasteiger partial charge in [0, 0.05) is 12.7 Å². The van der Waals surface area contributed by atoms with Crippen LogP contribution in [0.5, 0.6) is 11.5 Å². The molecule has 5 heteroatoms. The third-order valence-corrected chi connectivity index (χ3v) is 3.62. The second kappa shape index (κ2) is 7.31. The molecule has 2 aromatic rings. The Morgan fingerprint density at radius 2 is 1.86 bits per heavy atom. The Morgan fingerprint density at radius 1 is 1.19 bits per heavy atom. The van der Waals surface area contributed by atoms with Gasteiger partial charge < -0.3 is 14.0 Å². The van der Waals surface area contributed by atoms with Crippen LogP contribution in [0.2, 0.25) is 0 Å². The van der Waals surface area contributed by atoms with Crippen molar-refractivity contribution in [1.82, 2.24) is 4.57 Å². The van der Waals surface area contributed by atoms with Crippen LogP contribution in [0, 0.1) is 6.92 Å². The molecular weight excluding hydrogens is 334 g/mol. The molecule has 1 aromatic carbocycles. The molecule has 2 rings (SSSR count). The molecule has 0 saturated heterocycles. The smallest absolute Gasteiger partial charge is 0.264 e. The molecular formula is C16H18BrNO3. The summed E-state index contributed by atoms with van der Waals surface area (Å²) in [6.07, 6.45) is 2.63. The van der Waals surface area contributed by atoms with E-state index < -0.39 is 0 Å². The van der Waals surface area contributed by atoms with Gasteiger partial charge in [-0.1, -0.05) is 0 Å². The molecule has 0 unspecified atom stereocenters. The lowest BCUT2D eigenvalue weighted by atomic mass is 10.3. The number of hydrogen-bond acceptors (Lipinski definition) is 3. The standard InChI is InChI=1S/C16H18BrNO3/c1-12-10-15(17)16(19)18(11-12)8-3-9-21-14-6-4-13(20-2)5-7-14/h4-7,10-11H,3,8-9H2,1-2H3. The number of pyridine rings is 1. The number of nitrogens with zero attached hydrogens (tertiary/aromatic N) is 1. The molecule has 1 heterocycles. The van der Waals surface area contributed by atoms with Gasteiger partial charge in [-0.25, -0.2) is 0 Å². The van der Waals surface area contributed by atoms with Crippen molar-refractivity contribution in [3.63, 3.8) is 0 Å². The zero-order valence-corrected chi connectivity index (χ0v) is 13.7. The van der Waals surface area contributed by atoms with E-state index in [9.17, 15) is 4.79 Å². The van der Waals surface area contributed by atoms with Gasteiger partial charge in [0.05, 0.1) is 18.2 Å². The SMILES string of the molecule is COc1ccc(OCCCn2cc(C)cc(Br)c2=O)cc1. The van der Waals surface area contributed by atoms with Crippen molar-refractivity contribution in [2.45, 2.75) is 19.9 Å². The number of ether oxygens (including phenoxy) is 2. The highest BCUT2D eigenvalue weighted by atomic mass is 79.9. The summed E-state index contributed by atoms with van der Waals surface area (Å²) in [7, 11) is 1.63. The van der Waals surface area contributed by atoms with Gasteiger partial charge >= 0.3 is 0 Å². The van der Waals surface area contributed by atoms with Crippen molar-refractivity contribution < 1.29 is 9.47 Å². The molecule has 0 fully saturated rings. The lowest BCUT2D eigenvalue weighted by Crippen LogP contribution is -2.21. The maximum atomic E-state index is 11.9. The van der Waals surface area contributed by atoms with Crippen molar-refractivity contribution in [2.75, 3.05) is 13.7 Å². The summed E-state index contributed by atoms with van der Waals surface area (Å²) in [5.41, 5.74) is 1.04. The number of aryl methyl sites for hydroxylation is 2. The first kappa shape index (κ1) is 15.6. The van der Waals surface area contributed by atoms with E-state index in [0.29, 0.717) is 17.6 Å². The second-order valence-corrected chi connectivity index (χ2v) is 5.60. The number of methoxy groups -OCH3 is 1. The van der Waals surface area contributed by atoms with Gasteiger partial charge in [0.1, 0.15) is 11.5 Å². The fraction of sp³-hybridized carbons (Fsp3) is 0.312. The molecule has 21 heavy (non-hydrogen) atoms. The fourth-order valence-corrected chi connectivity index (χ4v) is 2.59. The van der Waals surface area contributed by atoms with Crippen LogP contribution in [0.4, 0.5) is 0 Å². The molecule has 0 spiro atoms. The minimum atomic E-state index is -0.00922. The van der Waals surface area contributed by atoms with Crippen molar-refractivity contribution in [2.24, 2.45) is 0 Å². The Labute approximate surface area is 132 Å². The molecule has 0 radical (unpaired) electrons. The second-order valence-electron chi connectivity index (χ2n) is 4.74. The van der Waals surface area contributed by atoms with Crippen molar-refractivity contribution in [3.05, 3.63) is 56.9 Å². The molecule has 0 N–H and O–H groups in total. The summed E-state index contributed by atoms with van der Waals surface area (Å²) in [4.78, 5) is 11.9. The molecule has 4 nitrogen and oxygen atoms in total. The van der Waals surface area contributed by atoms with E-state index in [-0.39, 0.29) is 5.56 Å². The molecule has 0 aliphatic rings. The predicted molar refractivity (Wildman–Crippen MR) is 86.2 cm³/mol. The van der Waals surface area contributed by atoms with E-state index >= 15 is 0 Å². The van der Waals surface area contributed by atoms with E-state index in [1.54, 1.807) is 11.7 Å². The van der Waals surface area contributed by atoms with E-state index in [1.807, 2.05) is 43.5 Å². The quantitative estimate of drug-likeness (QED) is 0.749. The summed E-state index contributed by atoms with van der Waals surface area (Å²) < 4.78 is 13.0. The van der Waals surface area contributed by atoms with E-state index in [2.05, 4.69) is 15.9 Å². The summed E-state index contributed by atoms with van der Waals surface area (Å²) in [5, 5.41) is 0. The third-order valence-electron chi connectivity index (χ3n) is 3.05. The van der Waals surface area contributed by atoms with Crippen LogP contribution in [0.25, 0.3) is 0 Å². The first-order valence-electron chi connectivity index (χ1n) is 6.73. The predicted octanol–water partition coefficient (Wildman–Crippen LogP) is 3.40. The molecule has 0 aliphatic heterocycles.